The highest BCUT2D eigenvalue weighted by Gasteiger charge is 2.44. The fourth-order valence-corrected chi connectivity index (χ4v) is 4.33. The average molecular weight is 324 g/mol. The summed E-state index contributed by atoms with van der Waals surface area (Å²) in [5.41, 5.74) is 12.1. The molecule has 1 atom stereocenters. The molecule has 22 heavy (non-hydrogen) atoms. The molecule has 0 heterocycles. The molecule has 5 nitrogen and oxygen atoms in total. The van der Waals surface area contributed by atoms with Gasteiger partial charge < -0.3 is 24.7 Å². The van der Waals surface area contributed by atoms with Gasteiger partial charge in [0.2, 0.25) is 0 Å². The standard InChI is InChI=1S/C16H28N2O3Si/c1-4-16(18,12-11-15-9-6-5-7-10-15)21-22(19-2,20-3)14-8-13-17/h5-7,9-12H,4,8,13-14,17-18H2,1-3H3. The van der Waals surface area contributed by atoms with Crippen molar-refractivity contribution in [3.8, 4) is 0 Å². The summed E-state index contributed by atoms with van der Waals surface area (Å²) >= 11 is 0. The maximum atomic E-state index is 6.39. The summed E-state index contributed by atoms with van der Waals surface area (Å²) in [5.74, 6) is 0. The topological polar surface area (TPSA) is 79.7 Å². The van der Waals surface area contributed by atoms with Gasteiger partial charge in [0.05, 0.1) is 0 Å². The Morgan fingerprint density at radius 3 is 2.32 bits per heavy atom. The third-order valence-corrected chi connectivity index (χ3v) is 6.47. The zero-order valence-corrected chi connectivity index (χ0v) is 14.7. The van der Waals surface area contributed by atoms with Crippen molar-refractivity contribution in [2.45, 2.75) is 31.5 Å². The zero-order valence-electron chi connectivity index (χ0n) is 13.7. The zero-order chi connectivity index (χ0) is 16.5. The van der Waals surface area contributed by atoms with E-state index < -0.39 is 14.5 Å². The molecule has 6 heteroatoms. The van der Waals surface area contributed by atoms with E-state index in [0.717, 1.165) is 12.0 Å². The quantitative estimate of drug-likeness (QED) is 0.510. The van der Waals surface area contributed by atoms with Gasteiger partial charge in [-0.3, -0.25) is 0 Å². The Morgan fingerprint density at radius 1 is 1.18 bits per heavy atom. The van der Waals surface area contributed by atoms with Crippen LogP contribution in [0.2, 0.25) is 6.04 Å². The van der Waals surface area contributed by atoms with Crippen molar-refractivity contribution in [3.05, 3.63) is 42.0 Å². The second-order valence-corrected chi connectivity index (χ2v) is 8.02. The number of benzene rings is 1. The number of rotatable bonds is 10. The van der Waals surface area contributed by atoms with E-state index in [2.05, 4.69) is 0 Å². The summed E-state index contributed by atoms with van der Waals surface area (Å²) in [5, 5.41) is 0. The third kappa shape index (κ3) is 5.64. The van der Waals surface area contributed by atoms with E-state index in [0.29, 0.717) is 19.0 Å². The first-order valence-corrected chi connectivity index (χ1v) is 9.50. The van der Waals surface area contributed by atoms with E-state index in [9.17, 15) is 0 Å². The predicted octanol–water partition coefficient (Wildman–Crippen LogP) is 2.36. The summed E-state index contributed by atoms with van der Waals surface area (Å²) < 4.78 is 17.3. The smallest absolute Gasteiger partial charge is 0.377 e. The lowest BCUT2D eigenvalue weighted by Gasteiger charge is -2.35. The Kier molecular flexibility index (Phi) is 7.95. The van der Waals surface area contributed by atoms with Crippen molar-refractivity contribution in [2.24, 2.45) is 11.5 Å². The SMILES string of the molecule is CCC(N)(C=Cc1ccccc1)O[Si](CCCN)(OC)OC. The predicted molar refractivity (Wildman–Crippen MR) is 92.0 cm³/mol. The van der Waals surface area contributed by atoms with Gasteiger partial charge in [0.25, 0.3) is 0 Å². The van der Waals surface area contributed by atoms with Gasteiger partial charge in [0.1, 0.15) is 5.72 Å². The molecule has 124 valence electrons. The van der Waals surface area contributed by atoms with Crippen LogP contribution in [0.1, 0.15) is 25.3 Å². The van der Waals surface area contributed by atoms with E-state index >= 15 is 0 Å². The van der Waals surface area contributed by atoms with Gasteiger partial charge in [-0.1, -0.05) is 43.3 Å². The Bertz CT molecular complexity index is 452. The lowest BCUT2D eigenvalue weighted by atomic mass is 10.1. The lowest BCUT2D eigenvalue weighted by Crippen LogP contribution is -2.55. The van der Waals surface area contributed by atoms with Gasteiger partial charge >= 0.3 is 8.80 Å². The molecule has 0 aromatic heterocycles. The molecule has 0 radical (unpaired) electrons. The van der Waals surface area contributed by atoms with Gasteiger partial charge in [-0.2, -0.15) is 0 Å². The first-order chi connectivity index (χ1) is 10.5. The molecule has 1 aromatic rings. The van der Waals surface area contributed by atoms with Crippen LogP contribution in [0.5, 0.6) is 0 Å². The fourth-order valence-electron chi connectivity index (χ4n) is 2.06. The Balaban J connectivity index is 2.89. The molecule has 0 bridgehead atoms. The first kappa shape index (κ1) is 19.0. The molecule has 4 N–H and O–H groups in total. The highest BCUT2D eigenvalue weighted by molar-refractivity contribution is 6.60. The minimum Gasteiger partial charge on any atom is -0.377 e. The third-order valence-electron chi connectivity index (χ3n) is 3.56. The van der Waals surface area contributed by atoms with Crippen molar-refractivity contribution < 1.29 is 13.3 Å². The van der Waals surface area contributed by atoms with E-state index in [4.69, 9.17) is 24.7 Å². The van der Waals surface area contributed by atoms with Gasteiger partial charge in [-0.05, 0) is 31.0 Å². The molecular formula is C16H28N2O3Si. The van der Waals surface area contributed by atoms with Crippen LogP contribution < -0.4 is 11.5 Å². The van der Waals surface area contributed by atoms with E-state index in [-0.39, 0.29) is 0 Å². The molecule has 0 fully saturated rings. The van der Waals surface area contributed by atoms with Crippen molar-refractivity contribution in [1.29, 1.82) is 0 Å². The largest absolute Gasteiger partial charge is 0.502 e. The molecule has 1 aromatic carbocycles. The Labute approximate surface area is 134 Å². The molecule has 1 unspecified atom stereocenters. The summed E-state index contributed by atoms with van der Waals surface area (Å²) in [6.07, 6.45) is 5.21. The molecular weight excluding hydrogens is 296 g/mol. The molecule has 0 aliphatic carbocycles. The van der Waals surface area contributed by atoms with Crippen LogP contribution in [-0.2, 0) is 13.3 Å². The summed E-state index contributed by atoms with van der Waals surface area (Å²) in [6.45, 7) is 2.54. The normalized spacial score (nSPS) is 15.1. The maximum Gasteiger partial charge on any atom is 0.502 e. The van der Waals surface area contributed by atoms with Crippen LogP contribution in [0.15, 0.2) is 36.4 Å². The van der Waals surface area contributed by atoms with Crippen LogP contribution in [0.3, 0.4) is 0 Å². The minimum absolute atomic E-state index is 0.564. The van der Waals surface area contributed by atoms with E-state index in [1.165, 1.54) is 0 Å². The van der Waals surface area contributed by atoms with Gasteiger partial charge in [0.15, 0.2) is 0 Å². The molecule has 0 spiro atoms. The van der Waals surface area contributed by atoms with Crippen LogP contribution in [0.25, 0.3) is 6.08 Å². The summed E-state index contributed by atoms with van der Waals surface area (Å²) in [6, 6.07) is 10.6. The first-order valence-electron chi connectivity index (χ1n) is 7.57. The highest BCUT2D eigenvalue weighted by atomic mass is 28.4. The Morgan fingerprint density at radius 2 is 1.82 bits per heavy atom. The number of hydrogen-bond acceptors (Lipinski definition) is 5. The van der Waals surface area contributed by atoms with Gasteiger partial charge in [-0.15, -0.1) is 0 Å². The van der Waals surface area contributed by atoms with Crippen LogP contribution >= 0.6 is 0 Å². The lowest BCUT2D eigenvalue weighted by molar-refractivity contribution is 0.0136. The van der Waals surface area contributed by atoms with Crippen molar-refractivity contribution in [1.82, 2.24) is 0 Å². The van der Waals surface area contributed by atoms with Crippen LogP contribution in [0.4, 0.5) is 0 Å². The van der Waals surface area contributed by atoms with Gasteiger partial charge in [-0.25, -0.2) is 0 Å². The molecule has 1 rings (SSSR count). The highest BCUT2D eigenvalue weighted by Crippen LogP contribution is 2.24. The molecule has 0 aliphatic rings. The number of hydrogen-bond donors (Lipinski definition) is 2. The fraction of sp³-hybridized carbons (Fsp3) is 0.500. The van der Waals surface area contributed by atoms with E-state index in [1.54, 1.807) is 14.2 Å². The molecule has 0 saturated carbocycles. The van der Waals surface area contributed by atoms with Crippen molar-refractivity contribution in [2.75, 3.05) is 20.8 Å². The summed E-state index contributed by atoms with van der Waals surface area (Å²) in [7, 11) is 0.386. The maximum absolute atomic E-state index is 6.39. The average Bonchev–Trinajstić information content (AvgIpc) is 2.58. The van der Waals surface area contributed by atoms with Crippen LogP contribution in [-0.4, -0.2) is 35.3 Å². The molecule has 0 saturated heterocycles. The van der Waals surface area contributed by atoms with E-state index in [1.807, 2.05) is 49.4 Å². The van der Waals surface area contributed by atoms with Crippen LogP contribution in [0, 0.1) is 0 Å². The second-order valence-electron chi connectivity index (χ2n) is 5.14. The molecule has 0 amide bonds. The van der Waals surface area contributed by atoms with Crippen molar-refractivity contribution >= 4 is 14.9 Å². The molecule has 0 aliphatic heterocycles. The summed E-state index contributed by atoms with van der Waals surface area (Å²) in [4.78, 5) is 0. The van der Waals surface area contributed by atoms with Crippen molar-refractivity contribution in [3.63, 3.8) is 0 Å². The monoisotopic (exact) mass is 324 g/mol. The second kappa shape index (κ2) is 9.19. The number of nitrogens with two attached hydrogens (primary N) is 2. The minimum atomic E-state index is -2.82. The van der Waals surface area contributed by atoms with Gasteiger partial charge in [0, 0.05) is 20.3 Å². The Hall–Kier alpha value is -1.02.